The molecule has 0 radical (unpaired) electrons. The SMILES string of the molecule is O=C(Nc1cnc(Br)cn1)c1ccc(=O)[nH]c1. The van der Waals surface area contributed by atoms with E-state index in [-0.39, 0.29) is 11.5 Å². The first-order valence-corrected chi connectivity index (χ1v) is 5.42. The number of aromatic nitrogens is 3. The van der Waals surface area contributed by atoms with Crippen LogP contribution in [0.15, 0.2) is 40.1 Å². The van der Waals surface area contributed by atoms with Crippen molar-refractivity contribution in [3.8, 4) is 0 Å². The number of halogens is 1. The number of nitrogens with one attached hydrogen (secondary N) is 2. The first-order valence-electron chi connectivity index (χ1n) is 4.63. The Morgan fingerprint density at radius 1 is 1.29 bits per heavy atom. The van der Waals surface area contributed by atoms with Gasteiger partial charge < -0.3 is 10.3 Å². The largest absolute Gasteiger partial charge is 0.328 e. The molecule has 0 saturated carbocycles. The summed E-state index contributed by atoms with van der Waals surface area (Å²) in [6.45, 7) is 0. The lowest BCUT2D eigenvalue weighted by Gasteiger charge is -2.03. The van der Waals surface area contributed by atoms with Crippen molar-refractivity contribution in [2.45, 2.75) is 0 Å². The summed E-state index contributed by atoms with van der Waals surface area (Å²) in [4.78, 5) is 32.8. The predicted octanol–water partition coefficient (Wildman–Crippen LogP) is 1.18. The van der Waals surface area contributed by atoms with Crippen LogP contribution < -0.4 is 10.9 Å². The maximum Gasteiger partial charge on any atom is 0.258 e. The number of aromatic amines is 1. The van der Waals surface area contributed by atoms with E-state index in [1.54, 1.807) is 0 Å². The summed E-state index contributed by atoms with van der Waals surface area (Å²) >= 11 is 3.14. The number of amides is 1. The Bertz CT molecular complexity index is 574. The van der Waals surface area contributed by atoms with Crippen LogP contribution in [0.2, 0.25) is 0 Å². The molecule has 17 heavy (non-hydrogen) atoms. The molecule has 0 bridgehead atoms. The summed E-state index contributed by atoms with van der Waals surface area (Å²) in [6.07, 6.45) is 4.24. The molecule has 0 unspecified atom stereocenters. The summed E-state index contributed by atoms with van der Waals surface area (Å²) in [5.74, 6) is -0.0257. The maximum absolute atomic E-state index is 11.7. The van der Waals surface area contributed by atoms with Crippen LogP contribution in [0.4, 0.5) is 5.82 Å². The smallest absolute Gasteiger partial charge is 0.258 e. The zero-order valence-corrected chi connectivity index (χ0v) is 10.1. The lowest BCUT2D eigenvalue weighted by molar-refractivity contribution is 0.102. The molecule has 7 heteroatoms. The van der Waals surface area contributed by atoms with Crippen molar-refractivity contribution in [2.24, 2.45) is 0 Å². The molecule has 86 valence electrons. The van der Waals surface area contributed by atoms with Crippen molar-refractivity contribution >= 4 is 27.7 Å². The highest BCUT2D eigenvalue weighted by Crippen LogP contribution is 2.07. The summed E-state index contributed by atoms with van der Waals surface area (Å²) in [6, 6.07) is 2.71. The lowest BCUT2D eigenvalue weighted by Crippen LogP contribution is -2.15. The molecule has 0 atom stereocenters. The first-order chi connectivity index (χ1) is 8.15. The summed E-state index contributed by atoms with van der Waals surface area (Å²) in [5, 5.41) is 2.55. The van der Waals surface area contributed by atoms with E-state index < -0.39 is 0 Å². The minimum atomic E-state index is -0.363. The highest BCUT2D eigenvalue weighted by molar-refractivity contribution is 9.10. The van der Waals surface area contributed by atoms with E-state index in [0.717, 1.165) is 0 Å². The average molecular weight is 295 g/mol. The Hall–Kier alpha value is -2.02. The number of anilines is 1. The lowest BCUT2D eigenvalue weighted by atomic mass is 10.3. The minimum absolute atomic E-state index is 0.259. The average Bonchev–Trinajstić information content (AvgIpc) is 2.33. The monoisotopic (exact) mass is 294 g/mol. The molecule has 2 heterocycles. The molecular weight excluding hydrogens is 288 g/mol. The molecule has 0 fully saturated rings. The van der Waals surface area contributed by atoms with Crippen LogP contribution in [-0.2, 0) is 0 Å². The second-order valence-corrected chi connectivity index (χ2v) is 3.93. The summed E-state index contributed by atoms with van der Waals surface area (Å²) in [5.41, 5.74) is 0.0827. The summed E-state index contributed by atoms with van der Waals surface area (Å²) < 4.78 is 0.583. The minimum Gasteiger partial charge on any atom is -0.328 e. The molecule has 0 aliphatic carbocycles. The molecule has 0 aromatic carbocycles. The van der Waals surface area contributed by atoms with Gasteiger partial charge in [-0.25, -0.2) is 9.97 Å². The highest BCUT2D eigenvalue weighted by atomic mass is 79.9. The number of carbonyl (C=O) groups is 1. The van der Waals surface area contributed by atoms with Gasteiger partial charge >= 0.3 is 0 Å². The van der Waals surface area contributed by atoms with Gasteiger partial charge in [-0.2, -0.15) is 0 Å². The normalized spacial score (nSPS) is 9.94. The Morgan fingerprint density at radius 3 is 2.71 bits per heavy atom. The molecule has 0 aliphatic heterocycles. The van der Waals surface area contributed by atoms with Gasteiger partial charge in [-0.1, -0.05) is 0 Å². The molecule has 1 amide bonds. The number of hydrogen-bond acceptors (Lipinski definition) is 4. The molecule has 0 saturated heterocycles. The molecule has 2 N–H and O–H groups in total. The molecule has 6 nitrogen and oxygen atoms in total. The second kappa shape index (κ2) is 4.88. The predicted molar refractivity (Wildman–Crippen MR) is 64.7 cm³/mol. The number of H-pyrrole nitrogens is 1. The van der Waals surface area contributed by atoms with Crippen molar-refractivity contribution in [1.29, 1.82) is 0 Å². The van der Waals surface area contributed by atoms with E-state index in [9.17, 15) is 9.59 Å². The third-order valence-corrected chi connectivity index (χ3v) is 2.32. The fraction of sp³-hybridized carbons (Fsp3) is 0. The third-order valence-electron chi connectivity index (χ3n) is 1.91. The number of rotatable bonds is 2. The van der Waals surface area contributed by atoms with E-state index in [1.165, 1.54) is 30.7 Å². The van der Waals surface area contributed by atoms with E-state index in [4.69, 9.17) is 0 Å². The van der Waals surface area contributed by atoms with Gasteiger partial charge in [0.25, 0.3) is 5.91 Å². The third kappa shape index (κ3) is 2.97. The fourth-order valence-electron chi connectivity index (χ4n) is 1.12. The van der Waals surface area contributed by atoms with Crippen LogP contribution in [0.5, 0.6) is 0 Å². The van der Waals surface area contributed by atoms with Gasteiger partial charge in [0, 0.05) is 12.3 Å². The molecule has 2 aromatic heterocycles. The van der Waals surface area contributed by atoms with Gasteiger partial charge in [0.2, 0.25) is 5.56 Å². The fourth-order valence-corrected chi connectivity index (χ4v) is 1.32. The van der Waals surface area contributed by atoms with Crippen LogP contribution in [0.25, 0.3) is 0 Å². The van der Waals surface area contributed by atoms with Crippen LogP contribution in [-0.4, -0.2) is 20.9 Å². The second-order valence-electron chi connectivity index (χ2n) is 3.12. The Kier molecular flexibility index (Phi) is 3.29. The maximum atomic E-state index is 11.7. The van der Waals surface area contributed by atoms with E-state index in [1.807, 2.05) is 0 Å². The van der Waals surface area contributed by atoms with E-state index in [0.29, 0.717) is 16.0 Å². The van der Waals surface area contributed by atoms with E-state index >= 15 is 0 Å². The molecule has 0 spiro atoms. The Balaban J connectivity index is 2.14. The van der Waals surface area contributed by atoms with Crippen molar-refractivity contribution in [3.63, 3.8) is 0 Å². The molecule has 0 aliphatic rings. The number of nitrogens with zero attached hydrogens (tertiary/aromatic N) is 2. The summed E-state index contributed by atoms with van der Waals surface area (Å²) in [7, 11) is 0. The zero-order chi connectivity index (χ0) is 12.3. The van der Waals surface area contributed by atoms with Crippen LogP contribution in [0.1, 0.15) is 10.4 Å². The van der Waals surface area contributed by atoms with Gasteiger partial charge in [-0.3, -0.25) is 9.59 Å². The van der Waals surface area contributed by atoms with Crippen molar-refractivity contribution in [3.05, 3.63) is 51.2 Å². The van der Waals surface area contributed by atoms with Gasteiger partial charge in [0.05, 0.1) is 18.0 Å². The number of pyridine rings is 1. The van der Waals surface area contributed by atoms with Crippen LogP contribution in [0.3, 0.4) is 0 Å². The van der Waals surface area contributed by atoms with Gasteiger partial charge in [-0.05, 0) is 22.0 Å². The Morgan fingerprint density at radius 2 is 2.12 bits per heavy atom. The van der Waals surface area contributed by atoms with Crippen molar-refractivity contribution in [1.82, 2.24) is 15.0 Å². The van der Waals surface area contributed by atoms with Crippen LogP contribution in [0, 0.1) is 0 Å². The topological polar surface area (TPSA) is 87.7 Å². The van der Waals surface area contributed by atoms with Gasteiger partial charge in [0.15, 0.2) is 5.82 Å². The van der Waals surface area contributed by atoms with Crippen LogP contribution >= 0.6 is 15.9 Å². The Labute approximate surface area is 104 Å². The van der Waals surface area contributed by atoms with Crippen molar-refractivity contribution in [2.75, 3.05) is 5.32 Å². The van der Waals surface area contributed by atoms with Crippen molar-refractivity contribution < 1.29 is 4.79 Å². The standard InChI is InChI=1S/C10H7BrN4O2/c11-7-4-13-8(5-12-7)15-10(17)6-1-2-9(16)14-3-6/h1-5H,(H,14,16)(H,13,15,17). The van der Waals surface area contributed by atoms with Gasteiger partial charge in [0.1, 0.15) is 4.60 Å². The number of hydrogen-bond donors (Lipinski definition) is 2. The molecule has 2 aromatic rings. The zero-order valence-electron chi connectivity index (χ0n) is 8.48. The van der Waals surface area contributed by atoms with Gasteiger partial charge in [-0.15, -0.1) is 0 Å². The quantitative estimate of drug-likeness (QED) is 0.871. The molecular formula is C10H7BrN4O2. The molecule has 2 rings (SSSR count). The van der Waals surface area contributed by atoms with E-state index in [2.05, 4.69) is 36.2 Å². The number of carbonyl (C=O) groups excluding carboxylic acids is 1. The highest BCUT2D eigenvalue weighted by Gasteiger charge is 2.06. The first kappa shape index (κ1) is 11.5.